The first-order chi connectivity index (χ1) is 5.00. The summed E-state index contributed by atoms with van der Waals surface area (Å²) in [7, 11) is 0. The Morgan fingerprint density at radius 3 is 1.67 bits per heavy atom. The zero-order chi connectivity index (χ0) is 9.02. The summed E-state index contributed by atoms with van der Waals surface area (Å²) >= 11 is 0. The minimum Gasteiger partial charge on any atom is -0.394 e. The van der Waals surface area contributed by atoms with E-state index in [1.54, 1.807) is 0 Å². The van der Waals surface area contributed by atoms with Crippen molar-refractivity contribution in [3.05, 3.63) is 0 Å². The average molecular weight is 203 g/mol. The van der Waals surface area contributed by atoms with Crippen LogP contribution < -0.4 is 0 Å². The molecule has 4 unspecified atom stereocenters. The van der Waals surface area contributed by atoms with E-state index in [-0.39, 0.29) is 12.4 Å². The fourth-order valence-corrected chi connectivity index (χ4v) is 0.621. The van der Waals surface area contributed by atoms with E-state index in [1.165, 1.54) is 6.92 Å². The van der Waals surface area contributed by atoms with Gasteiger partial charge >= 0.3 is 0 Å². The SMILES string of the molecule is CC(O)C(O)C(O)C(O)CO.Cl. The molecule has 0 heterocycles. The molecular formula is C6H15ClO5. The molecule has 0 radical (unpaired) electrons. The zero-order valence-electron chi connectivity index (χ0n) is 6.66. The highest BCUT2D eigenvalue weighted by atomic mass is 35.5. The van der Waals surface area contributed by atoms with Crippen molar-refractivity contribution in [2.45, 2.75) is 31.3 Å². The second kappa shape index (κ2) is 6.59. The van der Waals surface area contributed by atoms with Crippen molar-refractivity contribution in [2.75, 3.05) is 6.61 Å². The Balaban J connectivity index is 0. The molecule has 0 aromatic rings. The van der Waals surface area contributed by atoms with Gasteiger partial charge in [-0.15, -0.1) is 12.4 Å². The molecular weight excluding hydrogens is 188 g/mol. The standard InChI is InChI=1S/C6H14O5.ClH/c1-3(8)5(10)6(11)4(9)2-7;/h3-11H,2H2,1H3;1H. The molecule has 12 heavy (non-hydrogen) atoms. The van der Waals surface area contributed by atoms with Crippen LogP contribution in [0.5, 0.6) is 0 Å². The zero-order valence-corrected chi connectivity index (χ0v) is 7.48. The van der Waals surface area contributed by atoms with Crippen molar-refractivity contribution in [1.29, 1.82) is 0 Å². The molecule has 0 aromatic carbocycles. The van der Waals surface area contributed by atoms with Gasteiger partial charge in [0, 0.05) is 0 Å². The van der Waals surface area contributed by atoms with Crippen molar-refractivity contribution in [3.8, 4) is 0 Å². The number of aliphatic hydroxyl groups is 5. The van der Waals surface area contributed by atoms with E-state index >= 15 is 0 Å². The van der Waals surface area contributed by atoms with E-state index < -0.39 is 31.0 Å². The molecule has 0 rings (SSSR count). The molecule has 6 heteroatoms. The lowest BCUT2D eigenvalue weighted by atomic mass is 10.1. The lowest BCUT2D eigenvalue weighted by Gasteiger charge is -2.23. The highest BCUT2D eigenvalue weighted by molar-refractivity contribution is 5.85. The molecule has 0 bridgehead atoms. The summed E-state index contributed by atoms with van der Waals surface area (Å²) in [5.74, 6) is 0. The third kappa shape index (κ3) is 4.20. The van der Waals surface area contributed by atoms with Crippen LogP contribution in [-0.4, -0.2) is 56.6 Å². The second-order valence-electron chi connectivity index (χ2n) is 2.47. The molecule has 0 aliphatic heterocycles. The second-order valence-corrected chi connectivity index (χ2v) is 2.47. The van der Waals surface area contributed by atoms with Gasteiger partial charge in [-0.1, -0.05) is 0 Å². The van der Waals surface area contributed by atoms with Crippen LogP contribution in [0.4, 0.5) is 0 Å². The summed E-state index contributed by atoms with van der Waals surface area (Å²) in [4.78, 5) is 0. The van der Waals surface area contributed by atoms with Crippen molar-refractivity contribution in [2.24, 2.45) is 0 Å². The van der Waals surface area contributed by atoms with Crippen molar-refractivity contribution in [1.82, 2.24) is 0 Å². The predicted molar refractivity (Wildman–Crippen MR) is 44.0 cm³/mol. The predicted octanol–water partition coefficient (Wildman–Crippen LogP) is -2.14. The molecule has 0 saturated heterocycles. The van der Waals surface area contributed by atoms with Crippen LogP contribution in [0.25, 0.3) is 0 Å². The molecule has 4 atom stereocenters. The summed E-state index contributed by atoms with van der Waals surface area (Å²) in [5, 5.41) is 43.7. The Labute approximate surface area is 76.7 Å². The smallest absolute Gasteiger partial charge is 0.110 e. The van der Waals surface area contributed by atoms with Gasteiger partial charge in [0.25, 0.3) is 0 Å². The van der Waals surface area contributed by atoms with E-state index in [9.17, 15) is 0 Å². The van der Waals surface area contributed by atoms with E-state index in [4.69, 9.17) is 25.5 Å². The van der Waals surface area contributed by atoms with Crippen LogP contribution >= 0.6 is 12.4 Å². The maximum absolute atomic E-state index is 8.94. The molecule has 0 saturated carbocycles. The fourth-order valence-electron chi connectivity index (χ4n) is 0.621. The molecule has 0 spiro atoms. The topological polar surface area (TPSA) is 101 Å². The van der Waals surface area contributed by atoms with Gasteiger partial charge in [-0.05, 0) is 6.92 Å². The van der Waals surface area contributed by atoms with Crippen LogP contribution in [0, 0.1) is 0 Å². The number of hydrogen-bond donors (Lipinski definition) is 5. The Hall–Kier alpha value is 0.0900. The van der Waals surface area contributed by atoms with Gasteiger partial charge in [0.2, 0.25) is 0 Å². The third-order valence-electron chi connectivity index (χ3n) is 1.43. The third-order valence-corrected chi connectivity index (χ3v) is 1.43. The van der Waals surface area contributed by atoms with Crippen LogP contribution in [-0.2, 0) is 0 Å². The Bertz CT molecular complexity index is 110. The molecule has 0 amide bonds. The highest BCUT2D eigenvalue weighted by Gasteiger charge is 2.27. The van der Waals surface area contributed by atoms with Crippen LogP contribution in [0.15, 0.2) is 0 Å². The van der Waals surface area contributed by atoms with E-state index in [0.717, 1.165) is 0 Å². The number of halogens is 1. The van der Waals surface area contributed by atoms with Crippen LogP contribution in [0.1, 0.15) is 6.92 Å². The lowest BCUT2D eigenvalue weighted by Crippen LogP contribution is -2.44. The molecule has 5 N–H and O–H groups in total. The number of rotatable bonds is 4. The first-order valence-corrected chi connectivity index (χ1v) is 3.33. The van der Waals surface area contributed by atoms with E-state index in [0.29, 0.717) is 0 Å². The van der Waals surface area contributed by atoms with Crippen LogP contribution in [0.3, 0.4) is 0 Å². The fraction of sp³-hybridized carbons (Fsp3) is 1.00. The Morgan fingerprint density at radius 2 is 1.42 bits per heavy atom. The maximum atomic E-state index is 8.94. The van der Waals surface area contributed by atoms with Gasteiger partial charge in [-0.25, -0.2) is 0 Å². The minimum atomic E-state index is -1.51. The normalized spacial score (nSPS) is 20.5. The first-order valence-electron chi connectivity index (χ1n) is 3.33. The Kier molecular flexibility index (Phi) is 8.02. The van der Waals surface area contributed by atoms with Gasteiger partial charge < -0.3 is 25.5 Å². The molecule has 0 aliphatic carbocycles. The maximum Gasteiger partial charge on any atom is 0.110 e. The molecule has 0 aromatic heterocycles. The summed E-state index contributed by atoms with van der Waals surface area (Å²) < 4.78 is 0. The number of aliphatic hydroxyl groups excluding tert-OH is 5. The molecule has 0 aliphatic rings. The largest absolute Gasteiger partial charge is 0.394 e. The highest BCUT2D eigenvalue weighted by Crippen LogP contribution is 2.03. The van der Waals surface area contributed by atoms with E-state index in [1.807, 2.05) is 0 Å². The van der Waals surface area contributed by atoms with Crippen molar-refractivity contribution >= 4 is 12.4 Å². The summed E-state index contributed by atoms with van der Waals surface area (Å²) in [6.07, 6.45) is -5.50. The number of hydrogen-bond acceptors (Lipinski definition) is 5. The van der Waals surface area contributed by atoms with Crippen molar-refractivity contribution in [3.63, 3.8) is 0 Å². The van der Waals surface area contributed by atoms with Gasteiger partial charge in [-0.2, -0.15) is 0 Å². The lowest BCUT2D eigenvalue weighted by molar-refractivity contribution is -0.110. The molecule has 76 valence electrons. The van der Waals surface area contributed by atoms with Gasteiger partial charge in [0.1, 0.15) is 18.3 Å². The van der Waals surface area contributed by atoms with Crippen molar-refractivity contribution < 1.29 is 25.5 Å². The van der Waals surface area contributed by atoms with Crippen LogP contribution in [0.2, 0.25) is 0 Å². The summed E-state index contributed by atoms with van der Waals surface area (Å²) in [6.45, 7) is 0.628. The molecule has 5 nitrogen and oxygen atoms in total. The summed E-state index contributed by atoms with van der Waals surface area (Å²) in [6, 6.07) is 0. The average Bonchev–Trinajstić information content (AvgIpc) is 2.00. The summed E-state index contributed by atoms with van der Waals surface area (Å²) in [5.41, 5.74) is 0. The van der Waals surface area contributed by atoms with Gasteiger partial charge in [0.15, 0.2) is 0 Å². The Morgan fingerprint density at radius 1 is 1.00 bits per heavy atom. The van der Waals surface area contributed by atoms with Gasteiger partial charge in [-0.3, -0.25) is 0 Å². The first kappa shape index (κ1) is 14.6. The van der Waals surface area contributed by atoms with E-state index in [2.05, 4.69) is 0 Å². The monoisotopic (exact) mass is 202 g/mol. The minimum absolute atomic E-state index is 0. The quantitative estimate of drug-likeness (QED) is 0.358. The van der Waals surface area contributed by atoms with Gasteiger partial charge in [0.05, 0.1) is 12.7 Å². The molecule has 0 fully saturated rings.